The molecular formula is C21H17ClF6O3. The summed E-state index contributed by atoms with van der Waals surface area (Å²) in [6.07, 6.45) is -7.16. The first-order valence-corrected chi connectivity index (χ1v) is 9.66. The lowest BCUT2D eigenvalue weighted by molar-refractivity contribution is -0.153. The van der Waals surface area contributed by atoms with Crippen molar-refractivity contribution in [2.75, 3.05) is 6.61 Å². The van der Waals surface area contributed by atoms with Gasteiger partial charge in [0.25, 0.3) is 0 Å². The third kappa shape index (κ3) is 6.06. The lowest BCUT2D eigenvalue weighted by Gasteiger charge is -2.19. The summed E-state index contributed by atoms with van der Waals surface area (Å²) in [6.45, 7) is -1.66. The number of carbonyl (C=O) groups is 1. The second kappa shape index (κ2) is 8.61. The zero-order valence-corrected chi connectivity index (χ0v) is 16.6. The number of hydrogen-bond acceptors (Lipinski definition) is 2. The van der Waals surface area contributed by atoms with E-state index in [0.29, 0.717) is 6.42 Å². The van der Waals surface area contributed by atoms with Gasteiger partial charge in [-0.2, -0.15) is 26.3 Å². The highest BCUT2D eigenvalue weighted by atomic mass is 35.5. The first kappa shape index (κ1) is 23.2. The Morgan fingerprint density at radius 3 is 2.19 bits per heavy atom. The second-order valence-electron chi connectivity index (χ2n) is 7.43. The zero-order chi connectivity index (χ0) is 23.0. The van der Waals surface area contributed by atoms with E-state index in [2.05, 4.69) is 0 Å². The van der Waals surface area contributed by atoms with Gasteiger partial charge in [0.1, 0.15) is 5.75 Å². The Balaban J connectivity index is 2.07. The van der Waals surface area contributed by atoms with Gasteiger partial charge in [-0.1, -0.05) is 36.6 Å². The molecule has 1 N–H and O–H groups in total. The van der Waals surface area contributed by atoms with Crippen LogP contribution in [0.2, 0.25) is 5.02 Å². The quantitative estimate of drug-likeness (QED) is 0.450. The van der Waals surface area contributed by atoms with Crippen LogP contribution in [0.15, 0.2) is 36.4 Å². The third-order valence-electron chi connectivity index (χ3n) is 4.94. The highest BCUT2D eigenvalue weighted by Crippen LogP contribution is 2.44. The molecule has 3 rings (SSSR count). The normalized spacial score (nSPS) is 15.6. The molecule has 1 saturated carbocycles. The Morgan fingerprint density at radius 1 is 1.10 bits per heavy atom. The fraction of sp³-hybridized carbons (Fsp3) is 0.381. The molecular weight excluding hydrogens is 450 g/mol. The molecule has 1 fully saturated rings. The van der Waals surface area contributed by atoms with E-state index in [9.17, 15) is 36.2 Å². The van der Waals surface area contributed by atoms with E-state index >= 15 is 0 Å². The van der Waals surface area contributed by atoms with Gasteiger partial charge in [-0.15, -0.1) is 0 Å². The lowest BCUT2D eigenvalue weighted by atomic mass is 9.90. The molecule has 1 aliphatic carbocycles. The van der Waals surface area contributed by atoms with Crippen LogP contribution in [0.4, 0.5) is 26.3 Å². The number of aliphatic carboxylic acids is 1. The van der Waals surface area contributed by atoms with Crippen molar-refractivity contribution < 1.29 is 41.0 Å². The van der Waals surface area contributed by atoms with E-state index in [4.69, 9.17) is 16.3 Å². The fourth-order valence-electron chi connectivity index (χ4n) is 3.24. The van der Waals surface area contributed by atoms with Crippen LogP contribution in [-0.2, 0) is 11.0 Å². The van der Waals surface area contributed by atoms with Crippen LogP contribution in [0.5, 0.6) is 5.75 Å². The smallest absolute Gasteiger partial charge is 0.422 e. The number of rotatable bonds is 7. The van der Waals surface area contributed by atoms with Gasteiger partial charge in [0.05, 0.1) is 16.5 Å². The average Bonchev–Trinajstić information content (AvgIpc) is 3.47. The molecule has 2 aromatic carbocycles. The van der Waals surface area contributed by atoms with Crippen molar-refractivity contribution in [1.29, 1.82) is 0 Å². The van der Waals surface area contributed by atoms with Gasteiger partial charge in [0.2, 0.25) is 0 Å². The molecule has 31 heavy (non-hydrogen) atoms. The topological polar surface area (TPSA) is 46.5 Å². The standard InChI is InChI=1S/C21H17ClF6O3/c22-17-9-13(16(19(29)30)7-11-1-2-11)8-15(18(17)31-10-20(23,24)25)12-3-5-14(6-4-12)21(26,27)28/h3-6,8-9,11,16H,1-2,7,10H2,(H,29,30)/t16-/m1/s1. The van der Waals surface area contributed by atoms with Gasteiger partial charge in [-0.3, -0.25) is 4.79 Å². The van der Waals surface area contributed by atoms with Crippen molar-refractivity contribution in [3.63, 3.8) is 0 Å². The molecule has 0 amide bonds. The van der Waals surface area contributed by atoms with E-state index in [1.165, 1.54) is 12.1 Å². The van der Waals surface area contributed by atoms with Gasteiger partial charge < -0.3 is 9.84 Å². The first-order valence-electron chi connectivity index (χ1n) is 9.28. The molecule has 10 heteroatoms. The molecule has 1 aliphatic rings. The lowest BCUT2D eigenvalue weighted by Crippen LogP contribution is -2.20. The van der Waals surface area contributed by atoms with Gasteiger partial charge in [0.15, 0.2) is 6.61 Å². The number of ether oxygens (including phenoxy) is 1. The van der Waals surface area contributed by atoms with Crippen molar-refractivity contribution in [1.82, 2.24) is 0 Å². The fourth-order valence-corrected chi connectivity index (χ4v) is 3.52. The Morgan fingerprint density at radius 2 is 1.71 bits per heavy atom. The number of carboxylic acids is 1. The predicted molar refractivity (Wildman–Crippen MR) is 101 cm³/mol. The summed E-state index contributed by atoms with van der Waals surface area (Å²) in [4.78, 5) is 11.8. The first-order chi connectivity index (χ1) is 14.3. The van der Waals surface area contributed by atoms with Crippen LogP contribution in [0.3, 0.4) is 0 Å². The van der Waals surface area contributed by atoms with Crippen molar-refractivity contribution in [2.24, 2.45) is 5.92 Å². The van der Waals surface area contributed by atoms with Crippen LogP contribution in [0.1, 0.15) is 36.3 Å². The monoisotopic (exact) mass is 466 g/mol. The molecule has 3 nitrogen and oxygen atoms in total. The molecule has 0 saturated heterocycles. The number of benzene rings is 2. The minimum atomic E-state index is -4.67. The van der Waals surface area contributed by atoms with Gasteiger partial charge in [0, 0.05) is 5.56 Å². The van der Waals surface area contributed by atoms with E-state index in [-0.39, 0.29) is 33.4 Å². The molecule has 0 aliphatic heterocycles. The number of carboxylic acid groups (broad SMARTS) is 1. The maximum atomic E-state index is 12.9. The van der Waals surface area contributed by atoms with Crippen LogP contribution < -0.4 is 4.74 Å². The second-order valence-corrected chi connectivity index (χ2v) is 7.84. The van der Waals surface area contributed by atoms with E-state index < -0.39 is 36.4 Å². The maximum Gasteiger partial charge on any atom is 0.422 e. The number of halogens is 7. The third-order valence-corrected chi connectivity index (χ3v) is 5.22. The van der Waals surface area contributed by atoms with Crippen LogP contribution >= 0.6 is 11.6 Å². The van der Waals surface area contributed by atoms with Gasteiger partial charge >= 0.3 is 18.3 Å². The maximum absolute atomic E-state index is 12.9. The average molecular weight is 467 g/mol. The molecule has 0 radical (unpaired) electrons. The van der Waals surface area contributed by atoms with E-state index in [1.807, 2.05) is 0 Å². The molecule has 0 aromatic heterocycles. The molecule has 1 atom stereocenters. The molecule has 2 aromatic rings. The minimum absolute atomic E-state index is 0.0116. The van der Waals surface area contributed by atoms with Gasteiger partial charge in [-0.25, -0.2) is 0 Å². The van der Waals surface area contributed by atoms with Crippen LogP contribution in [0, 0.1) is 5.92 Å². The summed E-state index contributed by atoms with van der Waals surface area (Å²) in [7, 11) is 0. The Hall–Kier alpha value is -2.42. The molecule has 168 valence electrons. The van der Waals surface area contributed by atoms with Crippen LogP contribution in [-0.4, -0.2) is 23.9 Å². The van der Waals surface area contributed by atoms with Crippen molar-refractivity contribution in [2.45, 2.75) is 37.5 Å². The highest BCUT2D eigenvalue weighted by molar-refractivity contribution is 6.32. The summed E-state index contributed by atoms with van der Waals surface area (Å²) in [5.74, 6) is -2.21. The summed E-state index contributed by atoms with van der Waals surface area (Å²) in [5, 5.41) is 9.36. The van der Waals surface area contributed by atoms with E-state index in [1.54, 1.807) is 0 Å². The largest absolute Gasteiger partial charge is 0.482 e. The highest BCUT2D eigenvalue weighted by Gasteiger charge is 2.33. The molecule has 0 bridgehead atoms. The van der Waals surface area contributed by atoms with Crippen LogP contribution in [0.25, 0.3) is 11.1 Å². The summed E-state index contributed by atoms with van der Waals surface area (Å²) in [6, 6.07) is 6.28. The summed E-state index contributed by atoms with van der Waals surface area (Å²) < 4.78 is 81.5. The number of alkyl halides is 6. The van der Waals surface area contributed by atoms with Gasteiger partial charge in [-0.05, 0) is 47.7 Å². The van der Waals surface area contributed by atoms with E-state index in [0.717, 1.165) is 37.1 Å². The summed E-state index contributed by atoms with van der Waals surface area (Å²) in [5.41, 5.74) is -0.584. The molecule has 0 spiro atoms. The minimum Gasteiger partial charge on any atom is -0.482 e. The Labute approximate surface area is 178 Å². The zero-order valence-electron chi connectivity index (χ0n) is 15.9. The SMILES string of the molecule is O=C(O)[C@H](CC1CC1)c1cc(Cl)c(OCC(F)(F)F)c(-c2ccc(C(F)(F)F)cc2)c1. The van der Waals surface area contributed by atoms with Crippen molar-refractivity contribution >= 4 is 17.6 Å². The number of hydrogen-bond donors (Lipinski definition) is 1. The summed E-state index contributed by atoms with van der Waals surface area (Å²) >= 11 is 6.15. The van der Waals surface area contributed by atoms with Crippen molar-refractivity contribution in [3.05, 3.63) is 52.5 Å². The van der Waals surface area contributed by atoms with Crippen molar-refractivity contribution in [3.8, 4) is 16.9 Å². The Bertz CT molecular complexity index is 949. The Kier molecular flexibility index (Phi) is 6.45. The molecule has 0 heterocycles. The molecule has 0 unspecified atom stereocenters. The predicted octanol–water partition coefficient (Wildman–Crippen LogP) is 6.94.